The summed E-state index contributed by atoms with van der Waals surface area (Å²) in [6.45, 7) is 1.76. The monoisotopic (exact) mass is 426 g/mol. The molecule has 3 amide bonds. The smallest absolute Gasteiger partial charge is 0.338 e. The number of esters is 1. The molecule has 1 N–H and O–H groups in total. The molecule has 1 aliphatic heterocycles. The van der Waals surface area contributed by atoms with Gasteiger partial charge in [0, 0.05) is 12.1 Å². The molecule has 0 aromatic heterocycles. The normalized spacial score (nSPS) is 24.1. The lowest BCUT2D eigenvalue weighted by Gasteiger charge is -2.29. The molecular weight excluding hydrogens is 396 g/mol. The summed E-state index contributed by atoms with van der Waals surface area (Å²) in [6.07, 6.45) is 9.11. The van der Waals surface area contributed by atoms with Crippen molar-refractivity contribution in [2.45, 2.75) is 76.8 Å². The van der Waals surface area contributed by atoms with Crippen LogP contribution >= 0.6 is 0 Å². The molecule has 0 saturated heterocycles. The second-order valence-corrected chi connectivity index (χ2v) is 9.04. The molecule has 31 heavy (non-hydrogen) atoms. The standard InChI is InChI=1S/C24H30N2O5/c1-15-7-5-6-10-20(15)25-21(27)14-31-24(30)16-11-12-18-19(13-16)23(29)26(22(18)28)17-8-3-2-4-9-17/h11-13,15,17,20H,2-10,14H2,1H3,(H,25,27). The summed E-state index contributed by atoms with van der Waals surface area (Å²) < 4.78 is 5.17. The number of hydrogen-bond donors (Lipinski definition) is 1. The number of ether oxygens (including phenoxy) is 1. The lowest BCUT2D eigenvalue weighted by atomic mass is 9.86. The molecule has 2 aliphatic carbocycles. The van der Waals surface area contributed by atoms with Crippen molar-refractivity contribution in [3.8, 4) is 0 Å². The minimum absolute atomic E-state index is 0.0672. The molecule has 2 saturated carbocycles. The molecule has 1 aromatic carbocycles. The fraction of sp³-hybridized carbons (Fsp3) is 0.583. The molecule has 1 aromatic rings. The zero-order valence-electron chi connectivity index (χ0n) is 18.0. The van der Waals surface area contributed by atoms with E-state index < -0.39 is 5.97 Å². The Kier molecular flexibility index (Phi) is 6.39. The van der Waals surface area contributed by atoms with Gasteiger partial charge in [0.2, 0.25) is 0 Å². The Morgan fingerprint density at radius 1 is 0.968 bits per heavy atom. The Labute approximate surface area is 182 Å². The van der Waals surface area contributed by atoms with Gasteiger partial charge in [-0.25, -0.2) is 4.79 Å². The number of nitrogens with one attached hydrogen (secondary N) is 1. The summed E-state index contributed by atoms with van der Waals surface area (Å²) in [5, 5.41) is 2.95. The van der Waals surface area contributed by atoms with Crippen molar-refractivity contribution in [1.29, 1.82) is 0 Å². The van der Waals surface area contributed by atoms with Crippen LogP contribution in [0.2, 0.25) is 0 Å². The number of nitrogens with zero attached hydrogens (tertiary/aromatic N) is 1. The molecule has 2 fully saturated rings. The van der Waals surface area contributed by atoms with Crippen molar-refractivity contribution in [2.24, 2.45) is 5.92 Å². The van der Waals surface area contributed by atoms with Crippen molar-refractivity contribution in [1.82, 2.24) is 10.2 Å². The fourth-order valence-corrected chi connectivity index (χ4v) is 5.05. The van der Waals surface area contributed by atoms with Gasteiger partial charge in [-0.15, -0.1) is 0 Å². The van der Waals surface area contributed by atoms with Crippen LogP contribution in [0.25, 0.3) is 0 Å². The second kappa shape index (κ2) is 9.20. The van der Waals surface area contributed by atoms with E-state index in [-0.39, 0.29) is 47.5 Å². The fourth-order valence-electron chi connectivity index (χ4n) is 5.05. The van der Waals surface area contributed by atoms with E-state index in [4.69, 9.17) is 4.74 Å². The highest BCUT2D eigenvalue weighted by Gasteiger charge is 2.40. The first-order chi connectivity index (χ1) is 15.0. The van der Waals surface area contributed by atoms with E-state index in [1.165, 1.54) is 29.5 Å². The average molecular weight is 427 g/mol. The highest BCUT2D eigenvalue weighted by Crippen LogP contribution is 2.31. The summed E-state index contributed by atoms with van der Waals surface area (Å²) in [6, 6.07) is 4.47. The van der Waals surface area contributed by atoms with E-state index >= 15 is 0 Å². The van der Waals surface area contributed by atoms with Gasteiger partial charge in [0.25, 0.3) is 17.7 Å². The first-order valence-electron chi connectivity index (χ1n) is 11.4. The summed E-state index contributed by atoms with van der Waals surface area (Å²) in [7, 11) is 0. The van der Waals surface area contributed by atoms with Crippen LogP contribution in [0.1, 0.15) is 95.8 Å². The van der Waals surface area contributed by atoms with Crippen LogP contribution in [-0.2, 0) is 9.53 Å². The van der Waals surface area contributed by atoms with Gasteiger partial charge < -0.3 is 10.1 Å². The number of carbonyl (C=O) groups excluding carboxylic acids is 4. The number of rotatable bonds is 5. The topological polar surface area (TPSA) is 92.8 Å². The van der Waals surface area contributed by atoms with Gasteiger partial charge in [-0.3, -0.25) is 19.3 Å². The van der Waals surface area contributed by atoms with Crippen LogP contribution in [0.4, 0.5) is 0 Å². The number of hydrogen-bond acceptors (Lipinski definition) is 5. The van der Waals surface area contributed by atoms with Crippen molar-refractivity contribution in [3.63, 3.8) is 0 Å². The summed E-state index contributed by atoms with van der Waals surface area (Å²) in [5.41, 5.74) is 0.742. The van der Waals surface area contributed by atoms with E-state index in [2.05, 4.69) is 12.2 Å². The van der Waals surface area contributed by atoms with E-state index in [0.29, 0.717) is 11.5 Å². The minimum atomic E-state index is -0.675. The van der Waals surface area contributed by atoms with Gasteiger partial charge in [-0.05, 0) is 49.8 Å². The SMILES string of the molecule is CC1CCCCC1NC(=O)COC(=O)c1ccc2c(c1)C(=O)N(C1CCCCC1)C2=O. The maximum atomic E-state index is 12.9. The maximum Gasteiger partial charge on any atom is 0.338 e. The van der Waals surface area contributed by atoms with Crippen LogP contribution in [0.15, 0.2) is 18.2 Å². The van der Waals surface area contributed by atoms with Crippen LogP contribution in [-0.4, -0.2) is 47.3 Å². The Morgan fingerprint density at radius 2 is 1.65 bits per heavy atom. The zero-order chi connectivity index (χ0) is 22.0. The van der Waals surface area contributed by atoms with E-state index in [9.17, 15) is 19.2 Å². The molecule has 166 valence electrons. The second-order valence-electron chi connectivity index (χ2n) is 9.04. The van der Waals surface area contributed by atoms with E-state index in [0.717, 1.165) is 51.4 Å². The molecule has 4 rings (SSSR count). The van der Waals surface area contributed by atoms with Gasteiger partial charge >= 0.3 is 5.97 Å². The number of fused-ring (bicyclic) bond motifs is 1. The predicted molar refractivity (Wildman–Crippen MR) is 114 cm³/mol. The molecule has 0 bridgehead atoms. The van der Waals surface area contributed by atoms with Gasteiger partial charge in [-0.1, -0.05) is 39.0 Å². The molecule has 7 nitrogen and oxygen atoms in total. The number of carbonyl (C=O) groups is 4. The van der Waals surface area contributed by atoms with Gasteiger partial charge in [0.1, 0.15) is 0 Å². The van der Waals surface area contributed by atoms with Crippen LogP contribution in [0, 0.1) is 5.92 Å². The summed E-state index contributed by atoms with van der Waals surface area (Å²) in [5.74, 6) is -1.20. The lowest BCUT2D eigenvalue weighted by Crippen LogP contribution is -2.42. The Morgan fingerprint density at radius 3 is 2.39 bits per heavy atom. The van der Waals surface area contributed by atoms with Crippen molar-refractivity contribution < 1.29 is 23.9 Å². The largest absolute Gasteiger partial charge is 0.452 e. The Hall–Kier alpha value is -2.70. The van der Waals surface area contributed by atoms with Crippen molar-refractivity contribution in [3.05, 3.63) is 34.9 Å². The lowest BCUT2D eigenvalue weighted by molar-refractivity contribution is -0.125. The number of benzene rings is 1. The molecule has 0 radical (unpaired) electrons. The maximum absolute atomic E-state index is 12.9. The minimum Gasteiger partial charge on any atom is -0.452 e. The predicted octanol–water partition coefficient (Wildman–Crippen LogP) is 3.47. The van der Waals surface area contributed by atoms with Gasteiger partial charge in [0.15, 0.2) is 6.61 Å². The number of imide groups is 1. The Balaban J connectivity index is 1.37. The zero-order valence-corrected chi connectivity index (χ0v) is 18.0. The molecule has 2 unspecified atom stereocenters. The summed E-state index contributed by atoms with van der Waals surface area (Å²) >= 11 is 0. The van der Waals surface area contributed by atoms with Crippen molar-refractivity contribution in [2.75, 3.05) is 6.61 Å². The molecule has 3 aliphatic rings. The van der Waals surface area contributed by atoms with E-state index in [1.54, 1.807) is 0 Å². The number of amides is 3. The third-order valence-corrected chi connectivity index (χ3v) is 6.89. The van der Waals surface area contributed by atoms with Crippen LogP contribution in [0.5, 0.6) is 0 Å². The summed E-state index contributed by atoms with van der Waals surface area (Å²) in [4.78, 5) is 51.7. The van der Waals surface area contributed by atoms with Crippen LogP contribution in [0.3, 0.4) is 0 Å². The first-order valence-corrected chi connectivity index (χ1v) is 11.4. The third kappa shape index (κ3) is 4.50. The molecular formula is C24H30N2O5. The third-order valence-electron chi connectivity index (χ3n) is 6.89. The molecule has 7 heteroatoms. The highest BCUT2D eigenvalue weighted by molar-refractivity contribution is 6.22. The Bertz CT molecular complexity index is 890. The van der Waals surface area contributed by atoms with Gasteiger partial charge in [-0.2, -0.15) is 0 Å². The quantitative estimate of drug-likeness (QED) is 0.575. The average Bonchev–Trinajstić information content (AvgIpc) is 3.04. The van der Waals surface area contributed by atoms with Gasteiger partial charge in [0.05, 0.1) is 16.7 Å². The first kappa shape index (κ1) is 21.5. The molecule has 1 heterocycles. The van der Waals surface area contributed by atoms with E-state index in [1.807, 2.05) is 0 Å². The van der Waals surface area contributed by atoms with Crippen molar-refractivity contribution >= 4 is 23.7 Å². The molecule has 0 spiro atoms. The molecule has 2 atom stereocenters. The highest BCUT2D eigenvalue weighted by atomic mass is 16.5. The van der Waals surface area contributed by atoms with Crippen LogP contribution < -0.4 is 5.32 Å².